The number of anilines is 2. The van der Waals surface area contributed by atoms with E-state index in [1.807, 2.05) is 34.9 Å². The van der Waals surface area contributed by atoms with Crippen LogP contribution in [0.25, 0.3) is 11.2 Å². The van der Waals surface area contributed by atoms with Crippen molar-refractivity contribution in [1.29, 1.82) is 0 Å². The summed E-state index contributed by atoms with van der Waals surface area (Å²) >= 11 is 0. The molecular weight excluding hydrogens is 344 g/mol. The number of aromatic nitrogens is 4. The van der Waals surface area contributed by atoms with Gasteiger partial charge in [0.05, 0.1) is 25.1 Å². The lowest BCUT2D eigenvalue weighted by Crippen LogP contribution is -2.19. The molecule has 0 saturated heterocycles. The molecule has 2 heterocycles. The first-order valence-electron chi connectivity index (χ1n) is 9.08. The molecule has 2 unspecified atom stereocenters. The number of hydrogen-bond donors (Lipinski definition) is 4. The lowest BCUT2D eigenvalue weighted by Gasteiger charge is -2.18. The average molecular weight is 370 g/mol. The van der Waals surface area contributed by atoms with Crippen molar-refractivity contribution in [3.63, 3.8) is 0 Å². The van der Waals surface area contributed by atoms with Gasteiger partial charge in [-0.05, 0) is 26.3 Å². The van der Waals surface area contributed by atoms with Gasteiger partial charge in [0.1, 0.15) is 0 Å². The Balaban J connectivity index is 2.01. The van der Waals surface area contributed by atoms with Gasteiger partial charge in [0.15, 0.2) is 17.0 Å². The Kier molecular flexibility index (Phi) is 5.88. The highest BCUT2D eigenvalue weighted by Crippen LogP contribution is 2.26. The van der Waals surface area contributed by atoms with Gasteiger partial charge in [0.25, 0.3) is 0 Å². The fourth-order valence-corrected chi connectivity index (χ4v) is 2.80. The van der Waals surface area contributed by atoms with Crippen LogP contribution in [0.15, 0.2) is 36.7 Å². The molecule has 0 fully saturated rings. The second-order valence-corrected chi connectivity index (χ2v) is 6.83. The van der Waals surface area contributed by atoms with Crippen molar-refractivity contribution in [3.05, 3.63) is 42.2 Å². The molecule has 8 heteroatoms. The Morgan fingerprint density at radius 3 is 2.48 bits per heavy atom. The second-order valence-electron chi connectivity index (χ2n) is 6.83. The number of nitrogens with zero attached hydrogens (tertiary/aromatic N) is 4. The zero-order valence-corrected chi connectivity index (χ0v) is 15.8. The van der Waals surface area contributed by atoms with Crippen LogP contribution >= 0.6 is 0 Å². The van der Waals surface area contributed by atoms with Crippen LogP contribution in [-0.2, 0) is 0 Å². The molecule has 144 valence electrons. The third-order valence-electron chi connectivity index (χ3n) is 4.23. The van der Waals surface area contributed by atoms with Crippen LogP contribution in [0.5, 0.6) is 0 Å². The Morgan fingerprint density at radius 1 is 1.11 bits per heavy atom. The van der Waals surface area contributed by atoms with Crippen molar-refractivity contribution >= 4 is 22.9 Å². The third-order valence-corrected chi connectivity index (χ3v) is 4.23. The first-order valence-corrected chi connectivity index (χ1v) is 9.08. The number of fused-ring (bicyclic) bond motifs is 1. The molecule has 4 N–H and O–H groups in total. The Hall–Kier alpha value is -2.71. The molecule has 2 atom stereocenters. The molecule has 0 radical (unpaired) electrons. The van der Waals surface area contributed by atoms with Crippen LogP contribution in [0.4, 0.5) is 11.8 Å². The Morgan fingerprint density at radius 2 is 1.85 bits per heavy atom. The summed E-state index contributed by atoms with van der Waals surface area (Å²) in [5.41, 5.74) is 2.29. The number of rotatable bonds is 8. The van der Waals surface area contributed by atoms with Gasteiger partial charge in [-0.15, -0.1) is 0 Å². The molecule has 27 heavy (non-hydrogen) atoms. The highest BCUT2D eigenvalue weighted by Gasteiger charge is 2.18. The zero-order valence-electron chi connectivity index (χ0n) is 15.8. The summed E-state index contributed by atoms with van der Waals surface area (Å²) in [6, 6.07) is 9.56. The van der Waals surface area contributed by atoms with Gasteiger partial charge in [-0.2, -0.15) is 9.97 Å². The minimum absolute atomic E-state index is 0.0865. The quantitative estimate of drug-likeness (QED) is 0.482. The molecule has 3 rings (SSSR count). The number of imidazole rings is 1. The summed E-state index contributed by atoms with van der Waals surface area (Å²) in [5, 5.41) is 25.8. The molecule has 0 bridgehead atoms. The van der Waals surface area contributed by atoms with E-state index in [9.17, 15) is 10.2 Å². The second kappa shape index (κ2) is 8.32. The molecule has 3 aromatic rings. The van der Waals surface area contributed by atoms with E-state index in [-0.39, 0.29) is 18.7 Å². The monoisotopic (exact) mass is 370 g/mol. The van der Waals surface area contributed by atoms with Crippen molar-refractivity contribution in [1.82, 2.24) is 19.5 Å². The fourth-order valence-electron chi connectivity index (χ4n) is 2.80. The summed E-state index contributed by atoms with van der Waals surface area (Å²) in [7, 11) is 0. The largest absolute Gasteiger partial charge is 0.394 e. The summed E-state index contributed by atoms with van der Waals surface area (Å²) in [5.74, 6) is 0.938. The SMILES string of the molecule is CC(O)CNc1nc(NC(CO)c2ccccc2)c2ncn(C(C)C)c2n1. The molecule has 8 nitrogen and oxygen atoms in total. The van der Waals surface area contributed by atoms with Crippen LogP contribution in [0.1, 0.15) is 38.4 Å². The maximum absolute atomic E-state index is 9.87. The first-order chi connectivity index (χ1) is 13.0. The first kappa shape index (κ1) is 19.1. The van der Waals surface area contributed by atoms with E-state index in [2.05, 4.69) is 39.4 Å². The van der Waals surface area contributed by atoms with Crippen molar-refractivity contribution in [2.45, 2.75) is 39.0 Å². The van der Waals surface area contributed by atoms with Crippen molar-refractivity contribution in [2.24, 2.45) is 0 Å². The molecule has 0 spiro atoms. The van der Waals surface area contributed by atoms with Gasteiger partial charge >= 0.3 is 0 Å². The number of nitrogens with one attached hydrogen (secondary N) is 2. The lowest BCUT2D eigenvalue weighted by atomic mass is 10.1. The van der Waals surface area contributed by atoms with Crippen LogP contribution in [0.2, 0.25) is 0 Å². The van der Waals surface area contributed by atoms with Crippen LogP contribution in [0.3, 0.4) is 0 Å². The molecular formula is C19H26N6O2. The predicted molar refractivity (Wildman–Crippen MR) is 106 cm³/mol. The summed E-state index contributed by atoms with van der Waals surface area (Å²) in [6.45, 7) is 6.05. The number of aliphatic hydroxyl groups excluding tert-OH is 2. The van der Waals surface area contributed by atoms with Crippen molar-refractivity contribution < 1.29 is 10.2 Å². The average Bonchev–Trinajstić information content (AvgIpc) is 3.09. The molecule has 0 saturated carbocycles. The molecule has 0 aliphatic carbocycles. The van der Waals surface area contributed by atoms with E-state index in [0.717, 1.165) is 5.56 Å². The van der Waals surface area contributed by atoms with E-state index >= 15 is 0 Å². The summed E-state index contributed by atoms with van der Waals surface area (Å²) in [4.78, 5) is 13.6. The zero-order chi connectivity index (χ0) is 19.4. The highest BCUT2D eigenvalue weighted by atomic mass is 16.3. The van der Waals surface area contributed by atoms with Crippen LogP contribution in [0, 0.1) is 0 Å². The standard InChI is InChI=1S/C19H26N6O2/c1-12(2)25-11-21-16-17(22-15(10-26)14-7-5-4-6-8-14)23-19(24-18(16)25)20-9-13(3)27/h4-8,11-13,15,26-27H,9-10H2,1-3H3,(H2,20,22,23,24). The van der Waals surface area contributed by atoms with E-state index in [4.69, 9.17) is 0 Å². The van der Waals surface area contributed by atoms with E-state index in [0.29, 0.717) is 29.5 Å². The Bertz CT molecular complexity index is 879. The number of aliphatic hydroxyl groups is 2. The van der Waals surface area contributed by atoms with Gasteiger partial charge in [0, 0.05) is 12.6 Å². The van der Waals surface area contributed by atoms with Gasteiger partial charge in [-0.3, -0.25) is 0 Å². The maximum atomic E-state index is 9.87. The molecule has 1 aromatic carbocycles. The number of hydrogen-bond acceptors (Lipinski definition) is 7. The van der Waals surface area contributed by atoms with Crippen molar-refractivity contribution in [3.8, 4) is 0 Å². The predicted octanol–water partition coefficient (Wildman–Crippen LogP) is 2.35. The van der Waals surface area contributed by atoms with E-state index < -0.39 is 6.10 Å². The van der Waals surface area contributed by atoms with Gasteiger partial charge < -0.3 is 25.4 Å². The number of benzene rings is 1. The summed E-state index contributed by atoms with van der Waals surface area (Å²) in [6.07, 6.45) is 1.22. The highest BCUT2D eigenvalue weighted by molar-refractivity contribution is 5.84. The minimum Gasteiger partial charge on any atom is -0.394 e. The summed E-state index contributed by atoms with van der Waals surface area (Å²) < 4.78 is 1.96. The minimum atomic E-state index is -0.523. The lowest BCUT2D eigenvalue weighted by molar-refractivity contribution is 0.208. The van der Waals surface area contributed by atoms with Gasteiger partial charge in [-0.25, -0.2) is 4.98 Å². The molecule has 0 aliphatic heterocycles. The fraction of sp³-hybridized carbons (Fsp3) is 0.421. The normalized spacial score (nSPS) is 13.7. The smallest absolute Gasteiger partial charge is 0.226 e. The van der Waals surface area contributed by atoms with E-state index in [1.165, 1.54) is 0 Å². The third kappa shape index (κ3) is 4.35. The molecule has 0 aliphatic rings. The van der Waals surface area contributed by atoms with Crippen molar-refractivity contribution in [2.75, 3.05) is 23.8 Å². The van der Waals surface area contributed by atoms with Crippen LogP contribution in [-0.4, -0.2) is 49.0 Å². The van der Waals surface area contributed by atoms with Crippen LogP contribution < -0.4 is 10.6 Å². The Labute approximate surface area is 158 Å². The maximum Gasteiger partial charge on any atom is 0.226 e. The van der Waals surface area contributed by atoms with Gasteiger partial charge in [0.2, 0.25) is 5.95 Å². The van der Waals surface area contributed by atoms with E-state index in [1.54, 1.807) is 13.3 Å². The molecule has 0 amide bonds. The van der Waals surface area contributed by atoms with Gasteiger partial charge in [-0.1, -0.05) is 30.3 Å². The molecule has 2 aromatic heterocycles. The topological polar surface area (TPSA) is 108 Å².